The Hall–Kier alpha value is -1.03. The quantitative estimate of drug-likeness (QED) is 0.857. The van der Waals surface area contributed by atoms with Crippen LogP contribution >= 0.6 is 15.9 Å². The number of aryl methyl sites for hydroxylation is 1. The number of anilines is 1. The minimum Gasteiger partial charge on any atom is -0.335 e. The third-order valence-electron chi connectivity index (χ3n) is 2.89. The lowest BCUT2D eigenvalue weighted by atomic mass is 9.93. The molecule has 0 aromatic heterocycles. The van der Waals surface area contributed by atoms with Crippen LogP contribution in [0.1, 0.15) is 24.8 Å². The number of carbonyl (C=O) groups is 1. The molecule has 1 aromatic rings. The molecule has 4 heteroatoms. The van der Waals surface area contributed by atoms with Gasteiger partial charge in [0, 0.05) is 16.2 Å². The van der Waals surface area contributed by atoms with Gasteiger partial charge in [-0.3, -0.25) is 0 Å². The fourth-order valence-corrected chi connectivity index (χ4v) is 1.99. The summed E-state index contributed by atoms with van der Waals surface area (Å²) in [4.78, 5) is 11.6. The van der Waals surface area contributed by atoms with Crippen LogP contribution in [0.25, 0.3) is 0 Å². The molecule has 2 amide bonds. The van der Waals surface area contributed by atoms with Gasteiger partial charge in [-0.2, -0.15) is 0 Å². The van der Waals surface area contributed by atoms with Crippen LogP contribution in [0.5, 0.6) is 0 Å². The minimum absolute atomic E-state index is 0.106. The van der Waals surface area contributed by atoms with Gasteiger partial charge in [-0.15, -0.1) is 0 Å². The van der Waals surface area contributed by atoms with E-state index in [9.17, 15) is 4.79 Å². The standard InChI is InChI=1S/C12H15BrN2O/c1-8-5-6-9(13)7-11(8)15-12(16)14-10-3-2-4-10/h5-7,10H,2-4H2,1H3,(H2,14,15,16). The van der Waals surface area contributed by atoms with Crippen LogP contribution in [-0.4, -0.2) is 12.1 Å². The Morgan fingerprint density at radius 2 is 2.19 bits per heavy atom. The summed E-state index contributed by atoms with van der Waals surface area (Å²) in [5.41, 5.74) is 1.91. The summed E-state index contributed by atoms with van der Waals surface area (Å²) < 4.78 is 0.969. The maximum Gasteiger partial charge on any atom is 0.319 e. The second-order valence-corrected chi connectivity index (χ2v) is 5.10. The highest BCUT2D eigenvalue weighted by Gasteiger charge is 2.19. The molecule has 0 saturated heterocycles. The van der Waals surface area contributed by atoms with Crippen molar-refractivity contribution in [2.75, 3.05) is 5.32 Å². The predicted molar refractivity (Wildman–Crippen MR) is 68.7 cm³/mol. The molecule has 16 heavy (non-hydrogen) atoms. The van der Waals surface area contributed by atoms with Crippen LogP contribution in [-0.2, 0) is 0 Å². The Balaban J connectivity index is 1.96. The van der Waals surface area contributed by atoms with E-state index >= 15 is 0 Å². The summed E-state index contributed by atoms with van der Waals surface area (Å²) >= 11 is 3.39. The smallest absolute Gasteiger partial charge is 0.319 e. The van der Waals surface area contributed by atoms with Crippen molar-refractivity contribution in [3.63, 3.8) is 0 Å². The lowest BCUT2D eigenvalue weighted by Gasteiger charge is -2.26. The van der Waals surface area contributed by atoms with Crippen molar-refractivity contribution in [1.29, 1.82) is 0 Å². The third-order valence-corrected chi connectivity index (χ3v) is 3.38. The monoisotopic (exact) mass is 282 g/mol. The molecule has 1 saturated carbocycles. The van der Waals surface area contributed by atoms with Crippen LogP contribution in [0, 0.1) is 6.92 Å². The molecule has 1 fully saturated rings. The first-order valence-electron chi connectivity index (χ1n) is 5.49. The van der Waals surface area contributed by atoms with Gasteiger partial charge in [0.1, 0.15) is 0 Å². The number of amides is 2. The lowest BCUT2D eigenvalue weighted by Crippen LogP contribution is -2.41. The largest absolute Gasteiger partial charge is 0.335 e. The number of hydrogen-bond acceptors (Lipinski definition) is 1. The highest BCUT2D eigenvalue weighted by molar-refractivity contribution is 9.10. The Labute approximate surface area is 104 Å². The Bertz CT molecular complexity index is 402. The molecule has 0 heterocycles. The number of hydrogen-bond donors (Lipinski definition) is 2. The second-order valence-electron chi connectivity index (χ2n) is 4.19. The Morgan fingerprint density at radius 3 is 2.81 bits per heavy atom. The zero-order valence-corrected chi connectivity index (χ0v) is 10.8. The van der Waals surface area contributed by atoms with Gasteiger partial charge in [0.05, 0.1) is 0 Å². The highest BCUT2D eigenvalue weighted by atomic mass is 79.9. The van der Waals surface area contributed by atoms with Crippen molar-refractivity contribution in [3.05, 3.63) is 28.2 Å². The van der Waals surface area contributed by atoms with Gasteiger partial charge in [0.15, 0.2) is 0 Å². The van der Waals surface area contributed by atoms with Crippen LogP contribution in [0.4, 0.5) is 10.5 Å². The van der Waals surface area contributed by atoms with E-state index in [1.165, 1.54) is 6.42 Å². The Kier molecular flexibility index (Phi) is 3.49. The van der Waals surface area contributed by atoms with Crippen molar-refractivity contribution in [2.24, 2.45) is 0 Å². The van der Waals surface area contributed by atoms with Crippen LogP contribution in [0.15, 0.2) is 22.7 Å². The second kappa shape index (κ2) is 4.87. The fraction of sp³-hybridized carbons (Fsp3) is 0.417. The Morgan fingerprint density at radius 1 is 1.44 bits per heavy atom. The number of rotatable bonds is 2. The van der Waals surface area contributed by atoms with Gasteiger partial charge >= 0.3 is 6.03 Å². The van der Waals surface area contributed by atoms with E-state index in [4.69, 9.17) is 0 Å². The average Bonchev–Trinajstić information content (AvgIpc) is 2.18. The molecule has 1 aliphatic carbocycles. The minimum atomic E-state index is -0.106. The van der Waals surface area contributed by atoms with Crippen molar-refractivity contribution in [1.82, 2.24) is 5.32 Å². The van der Waals surface area contributed by atoms with E-state index in [1.54, 1.807) is 0 Å². The van der Waals surface area contributed by atoms with E-state index in [1.807, 2.05) is 25.1 Å². The zero-order valence-electron chi connectivity index (χ0n) is 9.22. The van der Waals surface area contributed by atoms with Crippen LogP contribution < -0.4 is 10.6 Å². The molecule has 86 valence electrons. The third kappa shape index (κ3) is 2.76. The van der Waals surface area contributed by atoms with Crippen molar-refractivity contribution >= 4 is 27.6 Å². The molecule has 1 aliphatic rings. The van der Waals surface area contributed by atoms with Gasteiger partial charge in [-0.1, -0.05) is 22.0 Å². The molecule has 0 aliphatic heterocycles. The van der Waals surface area contributed by atoms with Gasteiger partial charge in [-0.25, -0.2) is 4.79 Å². The summed E-state index contributed by atoms with van der Waals surface area (Å²) in [5, 5.41) is 5.82. The van der Waals surface area contributed by atoms with Crippen molar-refractivity contribution < 1.29 is 4.79 Å². The van der Waals surface area contributed by atoms with Crippen molar-refractivity contribution in [3.8, 4) is 0 Å². The topological polar surface area (TPSA) is 41.1 Å². The summed E-state index contributed by atoms with van der Waals surface area (Å²) in [7, 11) is 0. The van der Waals surface area contributed by atoms with Gasteiger partial charge in [0.2, 0.25) is 0 Å². The van der Waals surface area contributed by atoms with E-state index in [0.29, 0.717) is 6.04 Å². The molecule has 3 nitrogen and oxygen atoms in total. The fourth-order valence-electron chi connectivity index (χ4n) is 1.63. The molecular weight excluding hydrogens is 268 g/mol. The number of nitrogens with one attached hydrogen (secondary N) is 2. The first-order chi connectivity index (χ1) is 7.65. The molecule has 0 atom stereocenters. The predicted octanol–water partition coefficient (Wildman–Crippen LogP) is 3.43. The number of urea groups is 1. The average molecular weight is 283 g/mol. The molecule has 2 rings (SSSR count). The molecule has 1 aromatic carbocycles. The molecule has 0 spiro atoms. The normalized spacial score (nSPS) is 15.4. The lowest BCUT2D eigenvalue weighted by molar-refractivity contribution is 0.240. The maximum absolute atomic E-state index is 11.6. The summed E-state index contributed by atoms with van der Waals surface area (Å²) in [5.74, 6) is 0. The first-order valence-corrected chi connectivity index (χ1v) is 6.28. The molecule has 0 radical (unpaired) electrons. The summed E-state index contributed by atoms with van der Waals surface area (Å²) in [6, 6.07) is 6.11. The first kappa shape index (κ1) is 11.5. The summed E-state index contributed by atoms with van der Waals surface area (Å²) in [6.07, 6.45) is 3.43. The van der Waals surface area contributed by atoms with Gasteiger partial charge in [-0.05, 0) is 43.9 Å². The zero-order chi connectivity index (χ0) is 11.5. The van der Waals surface area contributed by atoms with Crippen LogP contribution in [0.2, 0.25) is 0 Å². The van der Waals surface area contributed by atoms with Gasteiger partial charge in [0.25, 0.3) is 0 Å². The van der Waals surface area contributed by atoms with E-state index in [0.717, 1.165) is 28.6 Å². The number of carbonyl (C=O) groups excluding carboxylic acids is 1. The van der Waals surface area contributed by atoms with E-state index in [2.05, 4.69) is 26.6 Å². The highest BCUT2D eigenvalue weighted by Crippen LogP contribution is 2.21. The molecule has 0 bridgehead atoms. The number of halogens is 1. The van der Waals surface area contributed by atoms with Crippen molar-refractivity contribution in [2.45, 2.75) is 32.2 Å². The van der Waals surface area contributed by atoms with Gasteiger partial charge < -0.3 is 10.6 Å². The molecular formula is C12H15BrN2O. The molecule has 2 N–H and O–H groups in total. The van der Waals surface area contributed by atoms with E-state index < -0.39 is 0 Å². The SMILES string of the molecule is Cc1ccc(Br)cc1NC(=O)NC1CCC1. The summed E-state index contributed by atoms with van der Waals surface area (Å²) in [6.45, 7) is 1.98. The van der Waals surface area contributed by atoms with Crippen LogP contribution in [0.3, 0.4) is 0 Å². The number of benzene rings is 1. The van der Waals surface area contributed by atoms with E-state index in [-0.39, 0.29) is 6.03 Å². The maximum atomic E-state index is 11.6. The molecule has 0 unspecified atom stereocenters.